The summed E-state index contributed by atoms with van der Waals surface area (Å²) in [5.74, 6) is 0.548. The van der Waals surface area contributed by atoms with E-state index in [1.54, 1.807) is 7.11 Å². The first-order valence-electron chi connectivity index (χ1n) is 6.70. The van der Waals surface area contributed by atoms with Crippen molar-refractivity contribution in [2.75, 3.05) is 19.0 Å². The average molecular weight is 249 g/mol. The summed E-state index contributed by atoms with van der Waals surface area (Å²) in [7, 11) is 1.75. The summed E-state index contributed by atoms with van der Waals surface area (Å²) < 4.78 is 5.25. The maximum Gasteiger partial charge on any atom is 0.0666 e. The molecule has 0 amide bonds. The van der Waals surface area contributed by atoms with Gasteiger partial charge in [-0.05, 0) is 29.0 Å². The highest BCUT2D eigenvalue weighted by molar-refractivity contribution is 5.46. The van der Waals surface area contributed by atoms with Gasteiger partial charge in [-0.15, -0.1) is 0 Å². The normalized spacial score (nSPS) is 13.7. The van der Waals surface area contributed by atoms with E-state index in [9.17, 15) is 0 Å². The van der Waals surface area contributed by atoms with E-state index < -0.39 is 0 Å². The second-order valence-corrected chi connectivity index (χ2v) is 6.28. The van der Waals surface area contributed by atoms with Crippen LogP contribution in [0.25, 0.3) is 0 Å². The van der Waals surface area contributed by atoms with Gasteiger partial charge in [0.05, 0.1) is 12.6 Å². The van der Waals surface area contributed by atoms with Gasteiger partial charge in [0.2, 0.25) is 0 Å². The lowest BCUT2D eigenvalue weighted by Crippen LogP contribution is -2.30. The zero-order valence-corrected chi connectivity index (χ0v) is 12.6. The number of anilines is 1. The molecule has 18 heavy (non-hydrogen) atoms. The van der Waals surface area contributed by atoms with Gasteiger partial charge in [-0.3, -0.25) is 0 Å². The van der Waals surface area contributed by atoms with Crippen LogP contribution in [-0.2, 0) is 10.2 Å². The van der Waals surface area contributed by atoms with Crippen molar-refractivity contribution in [3.8, 4) is 0 Å². The molecule has 0 bridgehead atoms. The lowest BCUT2D eigenvalue weighted by molar-refractivity contribution is 0.171. The summed E-state index contributed by atoms with van der Waals surface area (Å²) in [6.07, 6.45) is 0. The van der Waals surface area contributed by atoms with Crippen LogP contribution in [0, 0.1) is 5.92 Å². The summed E-state index contributed by atoms with van der Waals surface area (Å²) >= 11 is 0. The van der Waals surface area contributed by atoms with Crippen molar-refractivity contribution in [2.45, 2.75) is 46.1 Å². The van der Waals surface area contributed by atoms with Crippen LogP contribution < -0.4 is 5.32 Å². The highest BCUT2D eigenvalue weighted by Crippen LogP contribution is 2.24. The van der Waals surface area contributed by atoms with Gasteiger partial charge < -0.3 is 10.1 Å². The molecule has 2 heteroatoms. The first-order chi connectivity index (χ1) is 8.34. The quantitative estimate of drug-likeness (QED) is 0.849. The Hall–Kier alpha value is -1.02. The maximum atomic E-state index is 5.25. The number of nitrogens with one attached hydrogen (secondary N) is 1. The van der Waals surface area contributed by atoms with Crippen molar-refractivity contribution >= 4 is 5.69 Å². The largest absolute Gasteiger partial charge is 0.383 e. The maximum absolute atomic E-state index is 5.25. The molecule has 0 aliphatic rings. The van der Waals surface area contributed by atoms with Crippen molar-refractivity contribution < 1.29 is 4.74 Å². The van der Waals surface area contributed by atoms with Crippen molar-refractivity contribution in [1.29, 1.82) is 0 Å². The van der Waals surface area contributed by atoms with Gasteiger partial charge in [-0.25, -0.2) is 0 Å². The van der Waals surface area contributed by atoms with E-state index in [1.165, 1.54) is 11.3 Å². The first kappa shape index (κ1) is 15.0. The molecule has 1 rings (SSSR count). The number of ether oxygens (including phenoxy) is 1. The van der Waals surface area contributed by atoms with Crippen LogP contribution in [0.1, 0.15) is 40.2 Å². The molecule has 1 N–H and O–H groups in total. The van der Waals surface area contributed by atoms with Crippen molar-refractivity contribution in [3.05, 3.63) is 29.8 Å². The molecule has 0 fully saturated rings. The molecule has 0 heterocycles. The third-order valence-electron chi connectivity index (χ3n) is 3.25. The second-order valence-electron chi connectivity index (χ2n) is 6.28. The van der Waals surface area contributed by atoms with Gasteiger partial charge in [0, 0.05) is 12.8 Å². The minimum Gasteiger partial charge on any atom is -0.383 e. The summed E-state index contributed by atoms with van der Waals surface area (Å²) in [6, 6.07) is 9.08. The number of hydrogen-bond donors (Lipinski definition) is 1. The van der Waals surface area contributed by atoms with E-state index in [0.717, 1.165) is 6.61 Å². The minimum absolute atomic E-state index is 0.211. The standard InChI is InChI=1S/C16H27NO/c1-12(2)15(11-18-6)17-14-9-7-13(8-10-14)16(3,4)5/h7-10,12,15,17H,11H2,1-6H3. The highest BCUT2D eigenvalue weighted by atomic mass is 16.5. The van der Waals surface area contributed by atoms with E-state index in [4.69, 9.17) is 4.74 Å². The van der Waals surface area contributed by atoms with E-state index in [1.807, 2.05) is 0 Å². The number of methoxy groups -OCH3 is 1. The van der Waals surface area contributed by atoms with E-state index >= 15 is 0 Å². The molecular formula is C16H27NO. The van der Waals surface area contributed by atoms with Gasteiger partial charge in [-0.1, -0.05) is 46.8 Å². The molecule has 1 unspecified atom stereocenters. The molecule has 0 aliphatic carbocycles. The van der Waals surface area contributed by atoms with Crippen LogP contribution in [0.3, 0.4) is 0 Å². The molecule has 0 spiro atoms. The zero-order valence-electron chi connectivity index (χ0n) is 12.6. The van der Waals surface area contributed by atoms with E-state index in [0.29, 0.717) is 12.0 Å². The molecule has 0 aliphatic heterocycles. The molecule has 102 valence electrons. The Bertz CT molecular complexity index is 348. The van der Waals surface area contributed by atoms with Crippen LogP contribution in [0.15, 0.2) is 24.3 Å². The molecule has 0 saturated heterocycles. The molecule has 1 aromatic rings. The Morgan fingerprint density at radius 2 is 1.67 bits per heavy atom. The summed E-state index contributed by atoms with van der Waals surface area (Å²) in [4.78, 5) is 0. The lowest BCUT2D eigenvalue weighted by Gasteiger charge is -2.24. The average Bonchev–Trinajstić information content (AvgIpc) is 2.28. The molecule has 1 atom stereocenters. The van der Waals surface area contributed by atoms with Gasteiger partial charge in [0.15, 0.2) is 0 Å². The summed E-state index contributed by atoms with van der Waals surface area (Å²) in [5, 5.41) is 3.53. The SMILES string of the molecule is COCC(Nc1ccc(C(C)(C)C)cc1)C(C)C. The Balaban J connectivity index is 2.73. The Morgan fingerprint density at radius 1 is 1.11 bits per heavy atom. The summed E-state index contributed by atoms with van der Waals surface area (Å²) in [5.41, 5.74) is 2.74. The molecule has 0 radical (unpaired) electrons. The van der Waals surface area contributed by atoms with Crippen LogP contribution in [-0.4, -0.2) is 19.8 Å². The predicted octanol–water partition coefficient (Wildman–Crippen LogP) is 4.07. The van der Waals surface area contributed by atoms with Crippen LogP contribution in [0.4, 0.5) is 5.69 Å². The predicted molar refractivity (Wildman–Crippen MR) is 79.3 cm³/mol. The Kier molecular flexibility index (Phi) is 5.21. The molecule has 2 nitrogen and oxygen atoms in total. The molecule has 1 aromatic carbocycles. The summed E-state index contributed by atoms with van der Waals surface area (Å²) in [6.45, 7) is 11.9. The third-order valence-corrected chi connectivity index (χ3v) is 3.25. The van der Waals surface area contributed by atoms with E-state index in [2.05, 4.69) is 64.2 Å². The zero-order chi connectivity index (χ0) is 13.8. The lowest BCUT2D eigenvalue weighted by atomic mass is 9.87. The van der Waals surface area contributed by atoms with Crippen molar-refractivity contribution in [1.82, 2.24) is 0 Å². The number of hydrogen-bond acceptors (Lipinski definition) is 2. The number of benzene rings is 1. The fourth-order valence-electron chi connectivity index (χ4n) is 1.86. The van der Waals surface area contributed by atoms with Crippen LogP contribution in [0.2, 0.25) is 0 Å². The minimum atomic E-state index is 0.211. The molecule has 0 saturated carbocycles. The van der Waals surface area contributed by atoms with Crippen LogP contribution >= 0.6 is 0 Å². The van der Waals surface area contributed by atoms with E-state index in [-0.39, 0.29) is 5.41 Å². The smallest absolute Gasteiger partial charge is 0.0666 e. The van der Waals surface area contributed by atoms with Crippen molar-refractivity contribution in [3.63, 3.8) is 0 Å². The molecular weight excluding hydrogens is 222 g/mol. The Morgan fingerprint density at radius 3 is 2.06 bits per heavy atom. The van der Waals surface area contributed by atoms with Crippen LogP contribution in [0.5, 0.6) is 0 Å². The van der Waals surface area contributed by atoms with Gasteiger partial charge in [0.1, 0.15) is 0 Å². The second kappa shape index (κ2) is 6.24. The third kappa shape index (κ3) is 4.34. The van der Waals surface area contributed by atoms with Gasteiger partial charge >= 0.3 is 0 Å². The molecule has 0 aromatic heterocycles. The Labute approximate surface area is 112 Å². The first-order valence-corrected chi connectivity index (χ1v) is 6.70. The number of rotatable bonds is 5. The monoisotopic (exact) mass is 249 g/mol. The van der Waals surface area contributed by atoms with Gasteiger partial charge in [-0.2, -0.15) is 0 Å². The highest BCUT2D eigenvalue weighted by Gasteiger charge is 2.15. The fourth-order valence-corrected chi connectivity index (χ4v) is 1.86. The topological polar surface area (TPSA) is 21.3 Å². The van der Waals surface area contributed by atoms with Crippen molar-refractivity contribution in [2.24, 2.45) is 5.92 Å². The van der Waals surface area contributed by atoms with Gasteiger partial charge in [0.25, 0.3) is 0 Å². The fraction of sp³-hybridized carbons (Fsp3) is 0.625.